The second-order valence-corrected chi connectivity index (χ2v) is 4.34. The highest BCUT2D eigenvalue weighted by Gasteiger charge is 2.42. The van der Waals surface area contributed by atoms with E-state index in [1.807, 2.05) is 18.2 Å². The van der Waals surface area contributed by atoms with Crippen molar-refractivity contribution in [3.63, 3.8) is 0 Å². The third-order valence-electron chi connectivity index (χ3n) is 2.70. The maximum atomic E-state index is 6.04. The fraction of sp³-hybridized carbons (Fsp3) is 0.300. The van der Waals surface area contributed by atoms with Crippen molar-refractivity contribution in [2.45, 2.75) is 18.4 Å². The first-order valence-electron chi connectivity index (χ1n) is 4.62. The van der Waals surface area contributed by atoms with Crippen molar-refractivity contribution in [1.29, 1.82) is 0 Å². The van der Waals surface area contributed by atoms with Crippen LogP contribution < -0.4 is 5.73 Å². The molecular weight excluding hydrogens is 198 g/mol. The Labute approximate surface area is 86.3 Å². The van der Waals surface area contributed by atoms with Crippen molar-refractivity contribution in [3.8, 4) is 0 Å². The fourth-order valence-electron chi connectivity index (χ4n) is 1.59. The number of aromatic amines is 1. The molecule has 1 saturated carbocycles. The van der Waals surface area contributed by atoms with Crippen LogP contribution in [0.1, 0.15) is 18.7 Å². The molecule has 0 aliphatic heterocycles. The Balaban J connectivity index is 2.20. The van der Waals surface area contributed by atoms with Gasteiger partial charge in [0.25, 0.3) is 0 Å². The molecule has 1 aliphatic rings. The molecule has 1 aromatic carbocycles. The topological polar surface area (TPSA) is 54.7 Å². The second kappa shape index (κ2) is 2.49. The predicted octanol–water partition coefficient (Wildman–Crippen LogP) is 2.16. The Morgan fingerprint density at radius 3 is 2.93 bits per heavy atom. The van der Waals surface area contributed by atoms with Crippen LogP contribution in [-0.2, 0) is 5.54 Å². The van der Waals surface area contributed by atoms with E-state index in [-0.39, 0.29) is 5.54 Å². The number of H-pyrrole nitrogens is 1. The van der Waals surface area contributed by atoms with Gasteiger partial charge in [-0.25, -0.2) is 4.98 Å². The Morgan fingerprint density at radius 2 is 2.21 bits per heavy atom. The number of hydrogen-bond donors (Lipinski definition) is 2. The summed E-state index contributed by atoms with van der Waals surface area (Å²) in [6.07, 6.45) is 2.03. The number of imidazole rings is 1. The van der Waals surface area contributed by atoms with E-state index in [0.717, 1.165) is 34.7 Å². The summed E-state index contributed by atoms with van der Waals surface area (Å²) in [6.45, 7) is 0. The number of fused-ring (bicyclic) bond motifs is 1. The zero-order valence-electron chi connectivity index (χ0n) is 7.55. The van der Waals surface area contributed by atoms with Crippen LogP contribution in [-0.4, -0.2) is 9.97 Å². The lowest BCUT2D eigenvalue weighted by atomic mass is 10.3. The van der Waals surface area contributed by atoms with Crippen LogP contribution in [0.3, 0.4) is 0 Å². The number of aromatic nitrogens is 2. The van der Waals surface area contributed by atoms with Gasteiger partial charge in [-0.2, -0.15) is 0 Å². The zero-order chi connectivity index (χ0) is 9.76. The Morgan fingerprint density at radius 1 is 1.43 bits per heavy atom. The molecule has 1 fully saturated rings. The molecule has 0 saturated heterocycles. The summed E-state index contributed by atoms with van der Waals surface area (Å²) >= 11 is 5.88. The monoisotopic (exact) mass is 207 g/mol. The number of rotatable bonds is 1. The average Bonchev–Trinajstić information content (AvgIpc) is 2.77. The summed E-state index contributed by atoms with van der Waals surface area (Å²) in [5, 5.41) is 0.717. The molecule has 0 amide bonds. The van der Waals surface area contributed by atoms with Gasteiger partial charge in [-0.05, 0) is 31.0 Å². The van der Waals surface area contributed by atoms with Crippen molar-refractivity contribution < 1.29 is 0 Å². The smallest absolute Gasteiger partial charge is 0.127 e. The fourth-order valence-corrected chi connectivity index (χ4v) is 1.76. The molecule has 1 aromatic heterocycles. The predicted molar refractivity (Wildman–Crippen MR) is 56.2 cm³/mol. The normalized spacial score (nSPS) is 18.7. The van der Waals surface area contributed by atoms with E-state index in [1.165, 1.54) is 0 Å². The summed E-state index contributed by atoms with van der Waals surface area (Å²) in [5.74, 6) is 0.884. The molecule has 1 aliphatic carbocycles. The molecule has 4 heteroatoms. The maximum absolute atomic E-state index is 6.04. The quantitative estimate of drug-likeness (QED) is 0.753. The first kappa shape index (κ1) is 8.26. The molecule has 0 radical (unpaired) electrons. The maximum Gasteiger partial charge on any atom is 0.127 e. The largest absolute Gasteiger partial charge is 0.340 e. The van der Waals surface area contributed by atoms with Gasteiger partial charge in [0.2, 0.25) is 0 Å². The highest BCUT2D eigenvalue weighted by Crippen LogP contribution is 2.41. The number of benzene rings is 1. The number of nitrogens with two attached hydrogens (primary N) is 1. The van der Waals surface area contributed by atoms with Crippen molar-refractivity contribution in [3.05, 3.63) is 29.0 Å². The summed E-state index contributed by atoms with van der Waals surface area (Å²) < 4.78 is 0. The summed E-state index contributed by atoms with van der Waals surface area (Å²) in [6, 6.07) is 5.62. The van der Waals surface area contributed by atoms with E-state index in [4.69, 9.17) is 17.3 Å². The molecule has 3 rings (SSSR count). The lowest BCUT2D eigenvalue weighted by Crippen LogP contribution is -2.20. The van der Waals surface area contributed by atoms with Crippen LogP contribution in [0.15, 0.2) is 18.2 Å². The third kappa shape index (κ3) is 1.13. The van der Waals surface area contributed by atoms with Crippen LogP contribution in [0.2, 0.25) is 5.02 Å². The van der Waals surface area contributed by atoms with Gasteiger partial charge in [0, 0.05) is 5.02 Å². The van der Waals surface area contributed by atoms with Crippen molar-refractivity contribution >= 4 is 22.6 Å². The van der Waals surface area contributed by atoms with Gasteiger partial charge in [0.1, 0.15) is 5.82 Å². The number of nitrogens with one attached hydrogen (secondary N) is 1. The summed E-state index contributed by atoms with van der Waals surface area (Å²) in [5.41, 5.74) is 7.73. The van der Waals surface area contributed by atoms with Gasteiger partial charge in [-0.1, -0.05) is 11.6 Å². The lowest BCUT2D eigenvalue weighted by molar-refractivity contribution is 0.688. The van der Waals surface area contributed by atoms with Crippen LogP contribution in [0.25, 0.3) is 11.0 Å². The molecule has 1 heterocycles. The molecule has 14 heavy (non-hydrogen) atoms. The molecule has 0 bridgehead atoms. The van der Waals surface area contributed by atoms with Crippen LogP contribution in [0.5, 0.6) is 0 Å². The van der Waals surface area contributed by atoms with Crippen LogP contribution in [0, 0.1) is 0 Å². The second-order valence-electron chi connectivity index (χ2n) is 3.90. The number of halogens is 1. The molecule has 0 unspecified atom stereocenters. The molecular formula is C10H10ClN3. The molecule has 72 valence electrons. The standard InChI is InChI=1S/C10H10ClN3/c11-6-1-2-7-8(5-6)14-9(13-7)10(12)3-4-10/h1-2,5H,3-4,12H2,(H,13,14). The van der Waals surface area contributed by atoms with Gasteiger partial charge in [-0.15, -0.1) is 0 Å². The van der Waals surface area contributed by atoms with E-state index >= 15 is 0 Å². The SMILES string of the molecule is NC1(c2nc3ccc(Cl)cc3[nH]2)CC1. The third-order valence-corrected chi connectivity index (χ3v) is 2.94. The van der Waals surface area contributed by atoms with Gasteiger partial charge in [0.05, 0.1) is 16.6 Å². The van der Waals surface area contributed by atoms with Crippen molar-refractivity contribution in [2.24, 2.45) is 5.73 Å². The molecule has 3 nitrogen and oxygen atoms in total. The highest BCUT2D eigenvalue weighted by atomic mass is 35.5. The molecule has 0 spiro atoms. The average molecular weight is 208 g/mol. The zero-order valence-corrected chi connectivity index (χ0v) is 8.30. The van der Waals surface area contributed by atoms with Gasteiger partial charge in [-0.3, -0.25) is 0 Å². The van der Waals surface area contributed by atoms with Gasteiger partial charge < -0.3 is 10.7 Å². The van der Waals surface area contributed by atoms with Crippen LogP contribution in [0.4, 0.5) is 0 Å². The van der Waals surface area contributed by atoms with E-state index in [0.29, 0.717) is 0 Å². The Hall–Kier alpha value is -1.06. The summed E-state index contributed by atoms with van der Waals surface area (Å²) in [4.78, 5) is 7.67. The van der Waals surface area contributed by atoms with E-state index < -0.39 is 0 Å². The first-order chi connectivity index (χ1) is 6.67. The molecule has 2 aromatic rings. The van der Waals surface area contributed by atoms with E-state index in [1.54, 1.807) is 0 Å². The molecule has 0 atom stereocenters. The van der Waals surface area contributed by atoms with E-state index in [9.17, 15) is 0 Å². The molecule has 3 N–H and O–H groups in total. The first-order valence-corrected chi connectivity index (χ1v) is 5.00. The summed E-state index contributed by atoms with van der Waals surface area (Å²) in [7, 11) is 0. The Bertz CT molecular complexity index is 499. The minimum Gasteiger partial charge on any atom is -0.340 e. The van der Waals surface area contributed by atoms with Crippen molar-refractivity contribution in [1.82, 2.24) is 9.97 Å². The van der Waals surface area contributed by atoms with Crippen molar-refractivity contribution in [2.75, 3.05) is 0 Å². The van der Waals surface area contributed by atoms with E-state index in [2.05, 4.69) is 9.97 Å². The Kier molecular flexibility index (Phi) is 1.47. The van der Waals surface area contributed by atoms with Gasteiger partial charge in [0.15, 0.2) is 0 Å². The number of hydrogen-bond acceptors (Lipinski definition) is 2. The lowest BCUT2D eigenvalue weighted by Gasteiger charge is -2.01. The van der Waals surface area contributed by atoms with Crippen LogP contribution >= 0.6 is 11.6 Å². The minimum atomic E-state index is -0.203. The minimum absolute atomic E-state index is 0.203. The van der Waals surface area contributed by atoms with Gasteiger partial charge >= 0.3 is 0 Å². The highest BCUT2D eigenvalue weighted by molar-refractivity contribution is 6.31. The number of nitrogens with zero attached hydrogens (tertiary/aromatic N) is 1.